The van der Waals surface area contributed by atoms with Crippen LogP contribution >= 0.6 is 11.6 Å². The lowest BCUT2D eigenvalue weighted by atomic mass is 10.0. The second kappa shape index (κ2) is 8.52. The third-order valence-corrected chi connectivity index (χ3v) is 3.47. The fourth-order valence-electron chi connectivity index (χ4n) is 1.85. The van der Waals surface area contributed by atoms with E-state index in [9.17, 15) is 9.59 Å². The van der Waals surface area contributed by atoms with Crippen molar-refractivity contribution in [2.45, 2.75) is 33.1 Å². The number of nitrogens with one attached hydrogen (secondary N) is 2. The summed E-state index contributed by atoms with van der Waals surface area (Å²) >= 11 is 6.00. The molecule has 6 heteroatoms. The predicted molar refractivity (Wildman–Crippen MR) is 83.9 cm³/mol. The fourth-order valence-corrected chi connectivity index (χ4v) is 2.01. The number of carbonyl (C=O) groups excluding carboxylic acids is 1. The molecule has 0 bridgehead atoms. The van der Waals surface area contributed by atoms with E-state index >= 15 is 0 Å². The minimum Gasteiger partial charge on any atom is -0.481 e. The van der Waals surface area contributed by atoms with Crippen LogP contribution in [0.25, 0.3) is 0 Å². The maximum atomic E-state index is 11.7. The van der Waals surface area contributed by atoms with Crippen LogP contribution in [0.5, 0.6) is 0 Å². The molecule has 1 rings (SSSR count). The molecular weight excluding hydrogens is 292 g/mol. The molecule has 0 saturated heterocycles. The van der Waals surface area contributed by atoms with Crippen LogP contribution in [0.3, 0.4) is 0 Å². The molecule has 3 N–H and O–H groups in total. The second-order valence-corrected chi connectivity index (χ2v) is 5.60. The first-order valence-electron chi connectivity index (χ1n) is 6.91. The van der Waals surface area contributed by atoms with Crippen molar-refractivity contribution in [1.29, 1.82) is 0 Å². The Morgan fingerprint density at radius 3 is 2.71 bits per heavy atom. The van der Waals surface area contributed by atoms with Gasteiger partial charge in [-0.2, -0.15) is 0 Å². The van der Waals surface area contributed by atoms with E-state index in [-0.39, 0.29) is 18.4 Å². The zero-order valence-corrected chi connectivity index (χ0v) is 13.0. The molecule has 0 aromatic heterocycles. The Bertz CT molecular complexity index is 506. The number of aliphatic carboxylic acids is 1. The molecule has 0 fully saturated rings. The van der Waals surface area contributed by atoms with E-state index in [4.69, 9.17) is 16.7 Å². The van der Waals surface area contributed by atoms with Crippen LogP contribution in [0.1, 0.15) is 31.7 Å². The first-order valence-corrected chi connectivity index (χ1v) is 7.29. The number of carbonyl (C=O) groups is 2. The van der Waals surface area contributed by atoms with Gasteiger partial charge in [0.25, 0.3) is 0 Å². The van der Waals surface area contributed by atoms with Crippen molar-refractivity contribution in [2.75, 3.05) is 11.9 Å². The molecule has 0 radical (unpaired) electrons. The molecule has 116 valence electrons. The number of anilines is 1. The topological polar surface area (TPSA) is 78.4 Å². The Labute approximate surface area is 129 Å². The Morgan fingerprint density at radius 1 is 1.33 bits per heavy atom. The molecule has 1 aromatic rings. The van der Waals surface area contributed by atoms with Gasteiger partial charge in [-0.1, -0.05) is 24.6 Å². The zero-order chi connectivity index (χ0) is 15.8. The summed E-state index contributed by atoms with van der Waals surface area (Å²) in [7, 11) is 0. The van der Waals surface area contributed by atoms with Gasteiger partial charge in [-0.3, -0.25) is 4.79 Å². The van der Waals surface area contributed by atoms with Crippen LogP contribution < -0.4 is 10.6 Å². The molecule has 1 unspecified atom stereocenters. The van der Waals surface area contributed by atoms with Crippen LogP contribution in [0.2, 0.25) is 5.02 Å². The smallest absolute Gasteiger partial charge is 0.319 e. The van der Waals surface area contributed by atoms with E-state index in [0.717, 1.165) is 12.0 Å². The van der Waals surface area contributed by atoms with Gasteiger partial charge in [0.15, 0.2) is 0 Å². The number of hydrogen-bond acceptors (Lipinski definition) is 2. The number of carboxylic acid groups (broad SMARTS) is 1. The highest BCUT2D eigenvalue weighted by atomic mass is 35.5. The van der Waals surface area contributed by atoms with Crippen molar-refractivity contribution in [1.82, 2.24) is 5.32 Å². The number of amides is 2. The van der Waals surface area contributed by atoms with Gasteiger partial charge in [-0.05, 0) is 43.4 Å². The van der Waals surface area contributed by atoms with E-state index in [1.165, 1.54) is 0 Å². The van der Waals surface area contributed by atoms with Gasteiger partial charge in [0.2, 0.25) is 0 Å². The summed E-state index contributed by atoms with van der Waals surface area (Å²) < 4.78 is 0. The maximum absolute atomic E-state index is 11.7. The molecule has 0 aliphatic heterocycles. The van der Waals surface area contributed by atoms with Crippen molar-refractivity contribution in [2.24, 2.45) is 5.92 Å². The van der Waals surface area contributed by atoms with Crippen LogP contribution in [0.4, 0.5) is 10.5 Å². The Hall–Kier alpha value is -1.75. The number of hydrogen-bond donors (Lipinski definition) is 3. The Morgan fingerprint density at radius 2 is 2.05 bits per heavy atom. The summed E-state index contributed by atoms with van der Waals surface area (Å²) in [5.41, 5.74) is 1.59. The number of aryl methyl sites for hydroxylation is 1. The van der Waals surface area contributed by atoms with Gasteiger partial charge in [0, 0.05) is 13.0 Å². The number of rotatable bonds is 7. The fraction of sp³-hybridized carbons (Fsp3) is 0.467. The number of benzene rings is 1. The first kappa shape index (κ1) is 17.3. The summed E-state index contributed by atoms with van der Waals surface area (Å²) in [6.45, 7) is 4.39. The minimum absolute atomic E-state index is 0.159. The Kier molecular flexibility index (Phi) is 7.02. The van der Waals surface area contributed by atoms with E-state index < -0.39 is 5.97 Å². The largest absolute Gasteiger partial charge is 0.481 e. The minimum atomic E-state index is -0.790. The average Bonchev–Trinajstić information content (AvgIpc) is 2.40. The molecule has 5 nitrogen and oxygen atoms in total. The average molecular weight is 313 g/mol. The summed E-state index contributed by atoms with van der Waals surface area (Å²) in [5.74, 6) is -0.536. The summed E-state index contributed by atoms with van der Waals surface area (Å²) in [4.78, 5) is 22.2. The molecule has 1 atom stereocenters. The lowest BCUT2D eigenvalue weighted by molar-refractivity contribution is -0.137. The lowest BCUT2D eigenvalue weighted by Crippen LogP contribution is -2.30. The highest BCUT2D eigenvalue weighted by Gasteiger charge is 2.08. The molecule has 0 heterocycles. The van der Waals surface area contributed by atoms with Gasteiger partial charge in [0.1, 0.15) is 0 Å². The molecular formula is C15H21ClN2O3. The third-order valence-electron chi connectivity index (χ3n) is 3.14. The Balaban J connectivity index is 2.31. The van der Waals surface area contributed by atoms with Gasteiger partial charge in [0.05, 0.1) is 10.7 Å². The predicted octanol–water partition coefficient (Wildman–Crippen LogP) is 3.66. The molecule has 2 amide bonds. The van der Waals surface area contributed by atoms with Crippen molar-refractivity contribution < 1.29 is 14.7 Å². The molecule has 0 aliphatic carbocycles. The molecule has 0 aliphatic rings. The highest BCUT2D eigenvalue weighted by Crippen LogP contribution is 2.22. The molecule has 0 spiro atoms. The standard InChI is InChI=1S/C15H21ClN2O3/c1-10(4-6-14(19)20)7-8-17-15(21)18-13-9-11(2)3-5-12(13)16/h3,5,9-10H,4,6-8H2,1-2H3,(H,19,20)(H2,17,18,21). The molecule has 0 saturated carbocycles. The van der Waals surface area contributed by atoms with Gasteiger partial charge < -0.3 is 15.7 Å². The summed E-state index contributed by atoms with van der Waals surface area (Å²) in [5, 5.41) is 14.5. The van der Waals surface area contributed by atoms with E-state index in [1.807, 2.05) is 19.9 Å². The van der Waals surface area contributed by atoms with Gasteiger partial charge in [-0.25, -0.2) is 4.79 Å². The van der Waals surface area contributed by atoms with Gasteiger partial charge in [-0.15, -0.1) is 0 Å². The number of halogens is 1. The van der Waals surface area contributed by atoms with E-state index in [2.05, 4.69) is 10.6 Å². The molecule has 21 heavy (non-hydrogen) atoms. The number of urea groups is 1. The van der Waals surface area contributed by atoms with Crippen LogP contribution in [-0.4, -0.2) is 23.7 Å². The monoisotopic (exact) mass is 312 g/mol. The highest BCUT2D eigenvalue weighted by molar-refractivity contribution is 6.33. The maximum Gasteiger partial charge on any atom is 0.319 e. The summed E-state index contributed by atoms with van der Waals surface area (Å²) in [6.07, 6.45) is 1.51. The summed E-state index contributed by atoms with van der Waals surface area (Å²) in [6, 6.07) is 5.10. The normalized spacial score (nSPS) is 11.8. The molecule has 1 aromatic carbocycles. The van der Waals surface area contributed by atoms with Crippen LogP contribution in [-0.2, 0) is 4.79 Å². The lowest BCUT2D eigenvalue weighted by Gasteiger charge is -2.12. The van der Waals surface area contributed by atoms with Crippen molar-refractivity contribution in [3.8, 4) is 0 Å². The second-order valence-electron chi connectivity index (χ2n) is 5.19. The van der Waals surface area contributed by atoms with E-state index in [0.29, 0.717) is 23.7 Å². The quantitative estimate of drug-likeness (QED) is 0.719. The van der Waals surface area contributed by atoms with E-state index in [1.54, 1.807) is 12.1 Å². The van der Waals surface area contributed by atoms with Crippen molar-refractivity contribution in [3.63, 3.8) is 0 Å². The zero-order valence-electron chi connectivity index (χ0n) is 12.3. The van der Waals surface area contributed by atoms with Crippen molar-refractivity contribution >= 4 is 29.3 Å². The van der Waals surface area contributed by atoms with Gasteiger partial charge >= 0.3 is 12.0 Å². The first-order chi connectivity index (χ1) is 9.88. The van der Waals surface area contributed by atoms with Crippen molar-refractivity contribution in [3.05, 3.63) is 28.8 Å². The van der Waals surface area contributed by atoms with Crippen LogP contribution in [0, 0.1) is 12.8 Å². The third kappa shape index (κ3) is 6.99. The van der Waals surface area contributed by atoms with Crippen LogP contribution in [0.15, 0.2) is 18.2 Å². The SMILES string of the molecule is Cc1ccc(Cl)c(NC(=O)NCCC(C)CCC(=O)O)c1. The number of carboxylic acids is 1.